The first-order valence-electron chi connectivity index (χ1n) is 7.35. The number of nitro benzene ring substituents is 1. The number of non-ortho nitro benzene ring substituents is 1. The van der Waals surface area contributed by atoms with Crippen molar-refractivity contribution < 1.29 is 14.5 Å². The lowest BCUT2D eigenvalue weighted by Crippen LogP contribution is -2.42. The Hall–Kier alpha value is -1.94. The Bertz CT molecular complexity index is 913. The van der Waals surface area contributed by atoms with Crippen molar-refractivity contribution in [2.45, 2.75) is 13.0 Å². The molecule has 0 fully saturated rings. The largest absolute Gasteiger partial charge is 0.479 e. The molecular weight excluding hydrogens is 481 g/mol. The van der Waals surface area contributed by atoms with E-state index in [4.69, 9.17) is 40.2 Å². The van der Waals surface area contributed by atoms with Crippen molar-refractivity contribution >= 4 is 73.7 Å². The van der Waals surface area contributed by atoms with Gasteiger partial charge in [-0.25, -0.2) is 0 Å². The highest BCUT2D eigenvalue weighted by Gasteiger charge is 2.18. The Labute approximate surface area is 178 Å². The lowest BCUT2D eigenvalue weighted by Gasteiger charge is -2.17. The number of carbonyl (C=O) groups excluding carboxylic acids is 1. The number of ether oxygens (including phenoxy) is 1. The molecule has 0 radical (unpaired) electrons. The molecule has 7 nitrogen and oxygen atoms in total. The van der Waals surface area contributed by atoms with Crippen molar-refractivity contribution in [2.24, 2.45) is 0 Å². The quantitative estimate of drug-likeness (QED) is 0.348. The standard InChI is InChI=1S/C16H12BrCl2N3O4S/c1-8(26-14-5-2-9(18)6-12(14)19)15(23)21-16(27)20-13-4-3-10(22(24)25)7-11(13)17/h2-8H,1H3,(H2,20,21,23,27)/t8-/m1/s1. The Kier molecular flexibility index (Phi) is 7.37. The molecular formula is C16H12BrCl2N3O4S. The summed E-state index contributed by atoms with van der Waals surface area (Å²) >= 11 is 20.1. The van der Waals surface area contributed by atoms with Gasteiger partial charge in [0.05, 0.1) is 15.6 Å². The number of benzene rings is 2. The molecule has 2 N–H and O–H groups in total. The number of hydrogen-bond donors (Lipinski definition) is 2. The maximum absolute atomic E-state index is 12.2. The summed E-state index contributed by atoms with van der Waals surface area (Å²) < 4.78 is 5.93. The number of hydrogen-bond acceptors (Lipinski definition) is 5. The molecule has 0 aliphatic carbocycles. The zero-order chi connectivity index (χ0) is 20.1. The summed E-state index contributed by atoms with van der Waals surface area (Å²) in [5.41, 5.74) is 0.379. The zero-order valence-corrected chi connectivity index (χ0v) is 17.6. The summed E-state index contributed by atoms with van der Waals surface area (Å²) in [6, 6.07) is 8.74. The minimum atomic E-state index is -0.885. The second kappa shape index (κ2) is 9.32. The lowest BCUT2D eigenvalue weighted by atomic mass is 10.3. The van der Waals surface area contributed by atoms with Crippen LogP contribution in [-0.2, 0) is 4.79 Å². The number of halogens is 3. The Morgan fingerprint density at radius 2 is 2.00 bits per heavy atom. The van der Waals surface area contributed by atoms with Gasteiger partial charge >= 0.3 is 0 Å². The Morgan fingerprint density at radius 3 is 2.59 bits per heavy atom. The average molecular weight is 493 g/mol. The average Bonchev–Trinajstić information content (AvgIpc) is 2.58. The van der Waals surface area contributed by atoms with Crippen LogP contribution in [0.5, 0.6) is 5.75 Å². The normalized spacial score (nSPS) is 11.4. The fraction of sp³-hybridized carbons (Fsp3) is 0.125. The molecule has 1 atom stereocenters. The van der Waals surface area contributed by atoms with Crippen LogP contribution in [0.3, 0.4) is 0 Å². The van der Waals surface area contributed by atoms with E-state index >= 15 is 0 Å². The van der Waals surface area contributed by atoms with E-state index in [1.807, 2.05) is 0 Å². The molecule has 0 aromatic heterocycles. The van der Waals surface area contributed by atoms with E-state index in [0.717, 1.165) is 0 Å². The minimum Gasteiger partial charge on any atom is -0.479 e. The molecule has 2 aromatic carbocycles. The number of rotatable bonds is 5. The monoisotopic (exact) mass is 491 g/mol. The van der Waals surface area contributed by atoms with E-state index in [-0.39, 0.29) is 15.8 Å². The number of anilines is 1. The predicted molar refractivity (Wildman–Crippen MR) is 112 cm³/mol. The van der Waals surface area contributed by atoms with Gasteiger partial charge in [-0.15, -0.1) is 0 Å². The highest BCUT2D eigenvalue weighted by atomic mass is 79.9. The molecule has 1 amide bonds. The molecule has 142 valence electrons. The first kappa shape index (κ1) is 21.4. The van der Waals surface area contributed by atoms with Gasteiger partial charge in [-0.1, -0.05) is 23.2 Å². The Balaban J connectivity index is 1.96. The first-order chi connectivity index (χ1) is 12.7. The van der Waals surface area contributed by atoms with Gasteiger partial charge in [0.1, 0.15) is 5.75 Å². The number of nitrogens with zero attached hydrogens (tertiary/aromatic N) is 1. The van der Waals surface area contributed by atoms with Gasteiger partial charge in [0.25, 0.3) is 11.6 Å². The molecule has 0 heterocycles. The van der Waals surface area contributed by atoms with Gasteiger partial charge in [-0.3, -0.25) is 20.2 Å². The van der Waals surface area contributed by atoms with Crippen LogP contribution in [0.2, 0.25) is 10.0 Å². The van der Waals surface area contributed by atoms with Crippen LogP contribution in [0.15, 0.2) is 40.9 Å². The van der Waals surface area contributed by atoms with E-state index in [1.165, 1.54) is 31.2 Å². The van der Waals surface area contributed by atoms with Crippen LogP contribution in [0.25, 0.3) is 0 Å². The summed E-state index contributed by atoms with van der Waals surface area (Å²) in [6.07, 6.45) is -0.885. The molecule has 2 aromatic rings. The third-order valence-electron chi connectivity index (χ3n) is 3.22. The minimum absolute atomic E-state index is 0.00667. The van der Waals surface area contributed by atoms with Crippen molar-refractivity contribution in [1.29, 1.82) is 0 Å². The predicted octanol–water partition coefficient (Wildman–Crippen LogP) is 4.94. The number of amides is 1. The second-order valence-electron chi connectivity index (χ2n) is 5.20. The molecule has 0 unspecified atom stereocenters. The maximum Gasteiger partial charge on any atom is 0.270 e. The number of thiocarbonyl (C=S) groups is 1. The molecule has 11 heteroatoms. The number of carbonyl (C=O) groups is 1. The van der Waals surface area contributed by atoms with E-state index < -0.39 is 16.9 Å². The van der Waals surface area contributed by atoms with Gasteiger partial charge in [-0.2, -0.15) is 0 Å². The fourth-order valence-corrected chi connectivity index (χ4v) is 3.03. The third kappa shape index (κ3) is 6.03. The topological polar surface area (TPSA) is 93.5 Å². The first-order valence-corrected chi connectivity index (χ1v) is 9.30. The SMILES string of the molecule is C[C@@H](Oc1ccc(Cl)cc1Cl)C(=O)NC(=S)Nc1ccc([N+](=O)[O-])cc1Br. The van der Waals surface area contributed by atoms with Crippen molar-refractivity contribution in [2.75, 3.05) is 5.32 Å². The molecule has 2 rings (SSSR count). The summed E-state index contributed by atoms with van der Waals surface area (Å²) in [7, 11) is 0. The maximum atomic E-state index is 12.2. The summed E-state index contributed by atoms with van der Waals surface area (Å²) in [4.78, 5) is 22.5. The highest BCUT2D eigenvalue weighted by Crippen LogP contribution is 2.29. The number of nitro groups is 1. The second-order valence-corrected chi connectivity index (χ2v) is 7.31. The highest BCUT2D eigenvalue weighted by molar-refractivity contribution is 9.10. The van der Waals surface area contributed by atoms with E-state index in [9.17, 15) is 14.9 Å². The van der Waals surface area contributed by atoms with Crippen molar-refractivity contribution in [3.63, 3.8) is 0 Å². The van der Waals surface area contributed by atoms with Gasteiger partial charge < -0.3 is 10.1 Å². The summed E-state index contributed by atoms with van der Waals surface area (Å²) in [5.74, 6) is -0.197. The molecule has 0 spiro atoms. The van der Waals surface area contributed by atoms with E-state index in [0.29, 0.717) is 20.9 Å². The molecule has 0 bridgehead atoms. The van der Waals surface area contributed by atoms with Crippen LogP contribution in [-0.4, -0.2) is 22.0 Å². The van der Waals surface area contributed by atoms with Crippen LogP contribution >= 0.6 is 51.3 Å². The Morgan fingerprint density at radius 1 is 1.30 bits per heavy atom. The summed E-state index contributed by atoms with van der Waals surface area (Å²) in [6.45, 7) is 1.53. The van der Waals surface area contributed by atoms with Crippen molar-refractivity contribution in [1.82, 2.24) is 5.32 Å². The van der Waals surface area contributed by atoms with Gasteiger partial charge in [-0.05, 0) is 59.3 Å². The van der Waals surface area contributed by atoms with Gasteiger partial charge in [0.15, 0.2) is 11.2 Å². The third-order valence-corrected chi connectivity index (χ3v) is 4.61. The van der Waals surface area contributed by atoms with E-state index in [2.05, 4.69) is 26.6 Å². The van der Waals surface area contributed by atoms with E-state index in [1.54, 1.807) is 12.1 Å². The van der Waals surface area contributed by atoms with Crippen LogP contribution in [0.1, 0.15) is 6.92 Å². The number of nitrogens with one attached hydrogen (secondary N) is 2. The zero-order valence-electron chi connectivity index (χ0n) is 13.7. The van der Waals surface area contributed by atoms with Crippen molar-refractivity contribution in [3.05, 3.63) is 61.0 Å². The molecule has 0 aliphatic heterocycles. The smallest absolute Gasteiger partial charge is 0.270 e. The lowest BCUT2D eigenvalue weighted by molar-refractivity contribution is -0.384. The molecule has 0 saturated heterocycles. The van der Waals surface area contributed by atoms with Gasteiger partial charge in [0, 0.05) is 21.6 Å². The molecule has 0 saturated carbocycles. The fourth-order valence-electron chi connectivity index (χ4n) is 1.90. The summed E-state index contributed by atoms with van der Waals surface area (Å²) in [5, 5.41) is 16.7. The molecule has 0 aliphatic rings. The van der Waals surface area contributed by atoms with Gasteiger partial charge in [0.2, 0.25) is 0 Å². The molecule has 27 heavy (non-hydrogen) atoms. The van der Waals surface area contributed by atoms with Crippen LogP contribution < -0.4 is 15.4 Å². The van der Waals surface area contributed by atoms with Crippen LogP contribution in [0, 0.1) is 10.1 Å². The van der Waals surface area contributed by atoms with Crippen LogP contribution in [0.4, 0.5) is 11.4 Å². The van der Waals surface area contributed by atoms with Crippen molar-refractivity contribution in [3.8, 4) is 5.75 Å².